The lowest BCUT2D eigenvalue weighted by molar-refractivity contribution is -0.147. The molecule has 0 bridgehead atoms. The summed E-state index contributed by atoms with van der Waals surface area (Å²) in [7, 11) is 1.50. The van der Waals surface area contributed by atoms with E-state index in [0.29, 0.717) is 13.0 Å². The Kier molecular flexibility index (Phi) is 3.20. The molecule has 86 valence electrons. The summed E-state index contributed by atoms with van der Waals surface area (Å²) < 4.78 is 10.0. The van der Waals surface area contributed by atoms with Crippen molar-refractivity contribution in [3.05, 3.63) is 0 Å². The van der Waals surface area contributed by atoms with Gasteiger partial charge in [-0.1, -0.05) is 5.16 Å². The van der Waals surface area contributed by atoms with Crippen LogP contribution in [0, 0.1) is 5.92 Å². The maximum absolute atomic E-state index is 9.79. The van der Waals surface area contributed by atoms with E-state index < -0.39 is 18.3 Å². The van der Waals surface area contributed by atoms with Gasteiger partial charge in [-0.15, -0.1) is 0 Å². The molecule has 0 aromatic heterocycles. The molecule has 4 unspecified atom stereocenters. The average molecular weight is 217 g/mol. The van der Waals surface area contributed by atoms with E-state index in [2.05, 4.69) is 5.16 Å². The molecule has 0 saturated heterocycles. The number of fused-ring (bicyclic) bond motifs is 1. The molecule has 4 atom stereocenters. The summed E-state index contributed by atoms with van der Waals surface area (Å²) in [4.78, 5) is 4.89. The molecule has 6 heteroatoms. The van der Waals surface area contributed by atoms with Crippen molar-refractivity contribution in [2.45, 2.75) is 24.7 Å². The summed E-state index contributed by atoms with van der Waals surface area (Å²) in [5.41, 5.74) is 0.758. The van der Waals surface area contributed by atoms with Gasteiger partial charge in [0.25, 0.3) is 0 Å². The number of aliphatic hydroxyl groups is 2. The van der Waals surface area contributed by atoms with Crippen molar-refractivity contribution >= 4 is 5.71 Å². The van der Waals surface area contributed by atoms with Crippen LogP contribution >= 0.6 is 0 Å². The summed E-state index contributed by atoms with van der Waals surface area (Å²) in [6.45, 7) is 0.428. The van der Waals surface area contributed by atoms with Crippen LogP contribution in [0.25, 0.3) is 0 Å². The number of rotatable bonds is 3. The zero-order chi connectivity index (χ0) is 10.8. The van der Waals surface area contributed by atoms with Crippen molar-refractivity contribution in [2.24, 2.45) is 11.1 Å². The van der Waals surface area contributed by atoms with Gasteiger partial charge in [-0.3, -0.25) is 0 Å². The summed E-state index contributed by atoms with van der Waals surface area (Å²) in [5, 5.41) is 23.4. The Bertz CT molecular complexity index is 257. The Hall–Kier alpha value is -0.690. The van der Waals surface area contributed by atoms with Crippen molar-refractivity contribution in [3.8, 4) is 0 Å². The Morgan fingerprint density at radius 1 is 1.47 bits per heavy atom. The predicted octanol–water partition coefficient (Wildman–Crippen LogP) is -0.897. The molecule has 6 nitrogen and oxygen atoms in total. The fourth-order valence-corrected chi connectivity index (χ4v) is 1.95. The summed E-state index contributed by atoms with van der Waals surface area (Å²) in [6.07, 6.45) is -1.78. The highest BCUT2D eigenvalue weighted by Crippen LogP contribution is 2.29. The topological polar surface area (TPSA) is 80.5 Å². The van der Waals surface area contributed by atoms with Crippen LogP contribution in [0.2, 0.25) is 0 Å². The fraction of sp³-hybridized carbons (Fsp3) is 0.889. The highest BCUT2D eigenvalue weighted by Gasteiger charge is 2.44. The zero-order valence-electron chi connectivity index (χ0n) is 8.50. The van der Waals surface area contributed by atoms with Crippen LogP contribution in [0.4, 0.5) is 0 Å². The van der Waals surface area contributed by atoms with E-state index >= 15 is 0 Å². The van der Waals surface area contributed by atoms with Crippen LogP contribution in [0.1, 0.15) is 6.42 Å². The first kappa shape index (κ1) is 10.8. The number of hydrogen-bond acceptors (Lipinski definition) is 6. The minimum absolute atomic E-state index is 0.0905. The maximum Gasteiger partial charge on any atom is 0.146 e. The third kappa shape index (κ3) is 1.98. The van der Waals surface area contributed by atoms with Gasteiger partial charge in [-0.25, -0.2) is 0 Å². The molecule has 0 aromatic carbocycles. The number of aliphatic hydroxyl groups excluding tert-OH is 2. The van der Waals surface area contributed by atoms with Crippen LogP contribution in [0.5, 0.6) is 0 Å². The normalized spacial score (nSPS) is 39.5. The number of methoxy groups -OCH3 is 1. The molecule has 0 amide bonds. The average Bonchev–Trinajstić information content (AvgIpc) is 2.69. The van der Waals surface area contributed by atoms with Gasteiger partial charge >= 0.3 is 0 Å². The molecule has 1 aliphatic carbocycles. The first-order chi connectivity index (χ1) is 7.24. The minimum Gasteiger partial charge on any atom is -0.395 e. The highest BCUT2D eigenvalue weighted by molar-refractivity contribution is 5.89. The number of ether oxygens (including phenoxy) is 2. The van der Waals surface area contributed by atoms with Gasteiger partial charge in [0.15, 0.2) is 0 Å². The van der Waals surface area contributed by atoms with E-state index in [-0.39, 0.29) is 12.7 Å². The second kappa shape index (κ2) is 4.44. The Balaban J connectivity index is 2.01. The summed E-state index contributed by atoms with van der Waals surface area (Å²) in [6, 6.07) is 0. The standard InChI is InChI=1S/C9H15NO5/c1-13-4-14-7-2-6-5(3-15-10-6)8(11)9(7)12/h5,7-9,11-12H,2-4H2,1H3. The van der Waals surface area contributed by atoms with Crippen molar-refractivity contribution in [2.75, 3.05) is 20.5 Å². The Morgan fingerprint density at radius 2 is 2.27 bits per heavy atom. The lowest BCUT2D eigenvalue weighted by Crippen LogP contribution is -2.51. The number of oxime groups is 1. The van der Waals surface area contributed by atoms with Crippen LogP contribution < -0.4 is 0 Å². The molecule has 1 heterocycles. The molecule has 0 spiro atoms. The van der Waals surface area contributed by atoms with Crippen molar-refractivity contribution < 1.29 is 24.5 Å². The molecule has 0 radical (unpaired) electrons. The van der Waals surface area contributed by atoms with Gasteiger partial charge in [-0.2, -0.15) is 0 Å². The SMILES string of the molecule is COCOC1CC2=NOCC2C(O)C1O. The Morgan fingerprint density at radius 3 is 3.00 bits per heavy atom. The molecular formula is C9H15NO5. The lowest BCUT2D eigenvalue weighted by Gasteiger charge is -2.34. The van der Waals surface area contributed by atoms with Crippen molar-refractivity contribution in [3.63, 3.8) is 0 Å². The Labute approximate surface area is 87.4 Å². The van der Waals surface area contributed by atoms with Crippen molar-refractivity contribution in [1.82, 2.24) is 0 Å². The molecule has 1 fully saturated rings. The first-order valence-corrected chi connectivity index (χ1v) is 4.89. The van der Waals surface area contributed by atoms with E-state index in [1.807, 2.05) is 0 Å². The third-order valence-corrected chi connectivity index (χ3v) is 2.82. The second-order valence-corrected chi connectivity index (χ2v) is 3.78. The van der Waals surface area contributed by atoms with Crippen LogP contribution in [-0.2, 0) is 14.3 Å². The fourth-order valence-electron chi connectivity index (χ4n) is 1.95. The van der Waals surface area contributed by atoms with Gasteiger partial charge < -0.3 is 24.5 Å². The zero-order valence-corrected chi connectivity index (χ0v) is 8.50. The monoisotopic (exact) mass is 217 g/mol. The van der Waals surface area contributed by atoms with E-state index in [1.54, 1.807) is 0 Å². The largest absolute Gasteiger partial charge is 0.395 e. The van der Waals surface area contributed by atoms with Gasteiger partial charge in [0.2, 0.25) is 0 Å². The molecule has 2 aliphatic rings. The predicted molar refractivity (Wildman–Crippen MR) is 50.3 cm³/mol. The molecule has 2 N–H and O–H groups in total. The molecule has 15 heavy (non-hydrogen) atoms. The van der Waals surface area contributed by atoms with E-state index in [1.165, 1.54) is 7.11 Å². The van der Waals surface area contributed by atoms with Crippen LogP contribution in [0.3, 0.4) is 0 Å². The lowest BCUT2D eigenvalue weighted by atomic mass is 9.82. The van der Waals surface area contributed by atoms with Gasteiger partial charge in [0.1, 0.15) is 19.5 Å². The van der Waals surface area contributed by atoms with Gasteiger partial charge in [-0.05, 0) is 0 Å². The van der Waals surface area contributed by atoms with E-state index in [4.69, 9.17) is 14.3 Å². The first-order valence-electron chi connectivity index (χ1n) is 4.89. The van der Waals surface area contributed by atoms with E-state index in [0.717, 1.165) is 5.71 Å². The van der Waals surface area contributed by atoms with Gasteiger partial charge in [0, 0.05) is 13.5 Å². The van der Waals surface area contributed by atoms with Crippen molar-refractivity contribution in [1.29, 1.82) is 0 Å². The number of hydrogen-bond donors (Lipinski definition) is 2. The van der Waals surface area contributed by atoms with Gasteiger partial charge in [0.05, 0.1) is 23.8 Å². The summed E-state index contributed by atoms with van der Waals surface area (Å²) in [5.74, 6) is -0.192. The minimum atomic E-state index is -0.911. The second-order valence-electron chi connectivity index (χ2n) is 3.78. The highest BCUT2D eigenvalue weighted by atomic mass is 16.7. The molecule has 1 saturated carbocycles. The molecular weight excluding hydrogens is 202 g/mol. The third-order valence-electron chi connectivity index (χ3n) is 2.82. The smallest absolute Gasteiger partial charge is 0.146 e. The van der Waals surface area contributed by atoms with Crippen LogP contribution in [0.15, 0.2) is 5.16 Å². The molecule has 0 aromatic rings. The van der Waals surface area contributed by atoms with Crippen LogP contribution in [-0.4, -0.2) is 54.7 Å². The molecule has 2 rings (SSSR count). The quantitative estimate of drug-likeness (QED) is 0.599. The molecule has 1 aliphatic heterocycles. The van der Waals surface area contributed by atoms with E-state index in [9.17, 15) is 10.2 Å². The number of nitrogens with zero attached hydrogens (tertiary/aromatic N) is 1. The maximum atomic E-state index is 9.79. The summed E-state index contributed by atoms with van der Waals surface area (Å²) >= 11 is 0.